The van der Waals surface area contributed by atoms with Crippen molar-refractivity contribution in [2.75, 3.05) is 5.32 Å². The zero-order chi connectivity index (χ0) is 17.9. The first kappa shape index (κ1) is 16.4. The summed E-state index contributed by atoms with van der Waals surface area (Å²) in [7, 11) is 0. The van der Waals surface area contributed by atoms with E-state index in [0.717, 1.165) is 5.56 Å². The molecule has 4 rings (SSSR count). The molecule has 6 nitrogen and oxygen atoms in total. The first-order valence-electron chi connectivity index (χ1n) is 7.66. The number of carbonyl (C=O) groups excluding carboxylic acids is 1. The second kappa shape index (κ2) is 7.03. The van der Waals surface area contributed by atoms with Gasteiger partial charge >= 0.3 is 0 Å². The van der Waals surface area contributed by atoms with E-state index in [1.807, 2.05) is 35.7 Å². The number of nitrogens with zero attached hydrogens (tertiary/aromatic N) is 2. The molecule has 4 aromatic rings. The van der Waals surface area contributed by atoms with E-state index >= 15 is 0 Å². The largest absolute Gasteiger partial charge is 0.436 e. The Labute approximate surface area is 157 Å². The van der Waals surface area contributed by atoms with Gasteiger partial charge in [-0.3, -0.25) is 15.1 Å². The zero-order valence-electron chi connectivity index (χ0n) is 13.3. The van der Waals surface area contributed by atoms with E-state index in [4.69, 9.17) is 16.6 Å². The van der Waals surface area contributed by atoms with Gasteiger partial charge in [0.25, 0.3) is 5.91 Å². The van der Waals surface area contributed by atoms with Crippen LogP contribution in [-0.2, 0) is 0 Å². The van der Waals surface area contributed by atoms with Gasteiger partial charge in [-0.15, -0.1) is 11.3 Å². The Morgan fingerprint density at radius 2 is 2.00 bits per heavy atom. The molecule has 0 saturated carbocycles. The molecule has 0 radical (unpaired) electrons. The second-order valence-electron chi connectivity index (χ2n) is 5.32. The summed E-state index contributed by atoms with van der Waals surface area (Å²) < 4.78 is 5.76. The van der Waals surface area contributed by atoms with Gasteiger partial charge < -0.3 is 9.73 Å². The van der Waals surface area contributed by atoms with E-state index in [1.165, 1.54) is 11.3 Å². The molecule has 0 fully saturated rings. The number of nitrogens with one attached hydrogen (secondary N) is 2. The molecular formula is C18H12N4O2S2. The standard InChI is InChI=1S/C18H12N4O2S2/c23-16(15-2-1-9-26-15)22-18(25)20-12-3-4-14-13(10-12)21-17(24-14)11-5-7-19-8-6-11/h1-10H,(H2,20,22,23,25). The molecule has 0 aliphatic carbocycles. The van der Waals surface area contributed by atoms with Gasteiger partial charge in [0.1, 0.15) is 5.52 Å². The summed E-state index contributed by atoms with van der Waals surface area (Å²) in [5.41, 5.74) is 2.91. The van der Waals surface area contributed by atoms with Gasteiger partial charge in [-0.1, -0.05) is 6.07 Å². The van der Waals surface area contributed by atoms with Gasteiger partial charge in [-0.05, 0) is 54.0 Å². The van der Waals surface area contributed by atoms with Gasteiger partial charge in [0.05, 0.1) is 4.88 Å². The SMILES string of the molecule is O=C(NC(=S)Nc1ccc2oc(-c3ccncc3)nc2c1)c1cccs1. The predicted octanol–water partition coefficient (Wildman–Crippen LogP) is 4.08. The molecule has 8 heteroatoms. The fraction of sp³-hybridized carbons (Fsp3) is 0. The van der Waals surface area contributed by atoms with Crippen molar-refractivity contribution in [3.8, 4) is 11.5 Å². The van der Waals surface area contributed by atoms with Crippen LogP contribution in [0.5, 0.6) is 0 Å². The predicted molar refractivity (Wildman–Crippen MR) is 105 cm³/mol. The Balaban J connectivity index is 1.50. The topological polar surface area (TPSA) is 80.0 Å². The molecule has 3 heterocycles. The highest BCUT2D eigenvalue weighted by molar-refractivity contribution is 7.80. The summed E-state index contributed by atoms with van der Waals surface area (Å²) in [4.78, 5) is 21.1. The van der Waals surface area contributed by atoms with E-state index in [1.54, 1.807) is 24.5 Å². The highest BCUT2D eigenvalue weighted by atomic mass is 32.1. The molecular weight excluding hydrogens is 368 g/mol. The van der Waals surface area contributed by atoms with E-state index in [-0.39, 0.29) is 11.0 Å². The number of oxazole rings is 1. The molecule has 0 aliphatic heterocycles. The molecule has 2 N–H and O–H groups in total. The number of carbonyl (C=O) groups is 1. The summed E-state index contributed by atoms with van der Waals surface area (Å²) in [6, 6.07) is 12.7. The summed E-state index contributed by atoms with van der Waals surface area (Å²) >= 11 is 6.56. The lowest BCUT2D eigenvalue weighted by Crippen LogP contribution is -2.33. The van der Waals surface area contributed by atoms with Crippen molar-refractivity contribution in [1.82, 2.24) is 15.3 Å². The van der Waals surface area contributed by atoms with Crippen LogP contribution in [0.4, 0.5) is 5.69 Å². The number of hydrogen-bond donors (Lipinski definition) is 2. The lowest BCUT2D eigenvalue weighted by molar-refractivity contribution is 0.0981. The van der Waals surface area contributed by atoms with Crippen LogP contribution >= 0.6 is 23.6 Å². The normalized spacial score (nSPS) is 10.6. The molecule has 0 unspecified atom stereocenters. The number of rotatable bonds is 3. The minimum absolute atomic E-state index is 0.223. The van der Waals surface area contributed by atoms with Crippen LogP contribution < -0.4 is 10.6 Å². The Morgan fingerprint density at radius 1 is 1.15 bits per heavy atom. The molecule has 0 atom stereocenters. The molecule has 1 amide bonds. The van der Waals surface area contributed by atoms with Gasteiger partial charge in [0.15, 0.2) is 10.7 Å². The highest BCUT2D eigenvalue weighted by Crippen LogP contribution is 2.25. The lowest BCUT2D eigenvalue weighted by Gasteiger charge is -2.08. The van der Waals surface area contributed by atoms with Gasteiger partial charge in [0, 0.05) is 23.6 Å². The average molecular weight is 380 g/mol. The van der Waals surface area contributed by atoms with Crippen LogP contribution in [0, 0.1) is 0 Å². The van der Waals surface area contributed by atoms with E-state index < -0.39 is 0 Å². The Kier molecular flexibility index (Phi) is 4.42. The fourth-order valence-electron chi connectivity index (χ4n) is 2.36. The third kappa shape index (κ3) is 3.46. The maximum Gasteiger partial charge on any atom is 0.267 e. The van der Waals surface area contributed by atoms with Gasteiger partial charge in [-0.2, -0.15) is 0 Å². The first-order valence-corrected chi connectivity index (χ1v) is 8.95. The summed E-state index contributed by atoms with van der Waals surface area (Å²) in [5, 5.41) is 7.70. The Morgan fingerprint density at radius 3 is 2.77 bits per heavy atom. The smallest absolute Gasteiger partial charge is 0.267 e. The van der Waals surface area contributed by atoms with Crippen molar-refractivity contribution < 1.29 is 9.21 Å². The van der Waals surface area contributed by atoms with Crippen LogP contribution in [0.15, 0.2) is 64.7 Å². The van der Waals surface area contributed by atoms with Gasteiger partial charge in [0.2, 0.25) is 5.89 Å². The average Bonchev–Trinajstić information content (AvgIpc) is 3.32. The second-order valence-corrected chi connectivity index (χ2v) is 6.68. The van der Waals surface area contributed by atoms with Crippen LogP contribution in [0.2, 0.25) is 0 Å². The van der Waals surface area contributed by atoms with E-state index in [2.05, 4.69) is 20.6 Å². The fourth-order valence-corrected chi connectivity index (χ4v) is 3.19. The highest BCUT2D eigenvalue weighted by Gasteiger charge is 2.11. The molecule has 0 saturated heterocycles. The number of benzene rings is 1. The van der Waals surface area contributed by atoms with Crippen LogP contribution in [0.1, 0.15) is 9.67 Å². The third-order valence-electron chi connectivity index (χ3n) is 3.54. The minimum Gasteiger partial charge on any atom is -0.436 e. The summed E-state index contributed by atoms with van der Waals surface area (Å²) in [5.74, 6) is 0.285. The Hall–Kier alpha value is -3.10. The van der Waals surface area contributed by atoms with Gasteiger partial charge in [-0.25, -0.2) is 4.98 Å². The third-order valence-corrected chi connectivity index (χ3v) is 4.62. The van der Waals surface area contributed by atoms with Crippen molar-refractivity contribution in [3.05, 3.63) is 65.1 Å². The quantitative estimate of drug-likeness (QED) is 0.522. The first-order chi connectivity index (χ1) is 12.7. The number of pyridine rings is 1. The van der Waals surface area contributed by atoms with E-state index in [9.17, 15) is 4.79 Å². The van der Waals surface area contributed by atoms with Crippen molar-refractivity contribution in [3.63, 3.8) is 0 Å². The van der Waals surface area contributed by atoms with Crippen LogP contribution in [0.3, 0.4) is 0 Å². The molecule has 128 valence electrons. The van der Waals surface area contributed by atoms with Crippen LogP contribution in [-0.4, -0.2) is 21.0 Å². The number of hydrogen-bond acceptors (Lipinski definition) is 6. The number of fused-ring (bicyclic) bond motifs is 1. The molecule has 26 heavy (non-hydrogen) atoms. The maximum absolute atomic E-state index is 12.0. The molecule has 0 aliphatic rings. The number of thiophene rings is 1. The number of amides is 1. The van der Waals surface area contributed by atoms with E-state index in [0.29, 0.717) is 27.6 Å². The number of thiocarbonyl (C=S) groups is 1. The molecule has 3 aromatic heterocycles. The molecule has 0 bridgehead atoms. The number of aromatic nitrogens is 2. The molecule has 0 spiro atoms. The monoisotopic (exact) mass is 380 g/mol. The lowest BCUT2D eigenvalue weighted by atomic mass is 10.3. The van der Waals surface area contributed by atoms with Crippen molar-refractivity contribution in [1.29, 1.82) is 0 Å². The number of anilines is 1. The van der Waals surface area contributed by atoms with Crippen molar-refractivity contribution in [2.24, 2.45) is 0 Å². The van der Waals surface area contributed by atoms with Crippen molar-refractivity contribution in [2.45, 2.75) is 0 Å². The van der Waals surface area contributed by atoms with Crippen molar-refractivity contribution >= 4 is 51.4 Å². The minimum atomic E-state index is -0.236. The maximum atomic E-state index is 12.0. The zero-order valence-corrected chi connectivity index (χ0v) is 14.9. The summed E-state index contributed by atoms with van der Waals surface area (Å²) in [6.45, 7) is 0. The molecule has 1 aromatic carbocycles. The van der Waals surface area contributed by atoms with Crippen LogP contribution in [0.25, 0.3) is 22.6 Å². The summed E-state index contributed by atoms with van der Waals surface area (Å²) in [6.07, 6.45) is 3.37. The Bertz CT molecular complexity index is 1080.